The van der Waals surface area contributed by atoms with Crippen molar-refractivity contribution < 1.29 is 0 Å². The number of nitrogen functional groups attached to an aromatic ring is 1. The Hall–Kier alpha value is -1.81. The summed E-state index contributed by atoms with van der Waals surface area (Å²) in [6.07, 6.45) is 1.05. The molecule has 0 saturated carbocycles. The number of aromatic nitrogens is 2. The van der Waals surface area contributed by atoms with Crippen LogP contribution in [-0.4, -0.2) is 9.97 Å². The van der Waals surface area contributed by atoms with Gasteiger partial charge in [0.25, 0.3) is 0 Å². The van der Waals surface area contributed by atoms with Crippen LogP contribution in [0.25, 0.3) is 11.3 Å². The zero-order valence-corrected chi connectivity index (χ0v) is 9.54. The van der Waals surface area contributed by atoms with E-state index in [1.165, 1.54) is 5.56 Å². The minimum absolute atomic E-state index is 0.590. The van der Waals surface area contributed by atoms with Gasteiger partial charge in [0.2, 0.25) is 5.95 Å². The Balaban J connectivity index is 2.38. The van der Waals surface area contributed by atoms with E-state index in [1.807, 2.05) is 6.92 Å². The van der Waals surface area contributed by atoms with E-state index in [9.17, 15) is 0 Å². The number of hydrogen-bond acceptors (Lipinski definition) is 3. The van der Waals surface area contributed by atoms with Crippen molar-refractivity contribution in [2.75, 3.05) is 5.43 Å². The highest BCUT2D eigenvalue weighted by Crippen LogP contribution is 2.22. The summed E-state index contributed by atoms with van der Waals surface area (Å²) in [6.45, 7) is 4.13. The molecule has 2 rings (SSSR count). The van der Waals surface area contributed by atoms with Crippen LogP contribution in [0.1, 0.15) is 18.2 Å². The van der Waals surface area contributed by atoms with E-state index in [0.717, 1.165) is 23.4 Å². The van der Waals surface area contributed by atoms with Crippen molar-refractivity contribution in [1.82, 2.24) is 9.97 Å². The summed E-state index contributed by atoms with van der Waals surface area (Å²) in [5, 5.41) is 0. The Morgan fingerprint density at radius 2 is 2.00 bits per heavy atom. The maximum Gasteiger partial charge on any atom is 0.215 e. The number of hydrazine groups is 1. The van der Waals surface area contributed by atoms with E-state index in [4.69, 9.17) is 5.84 Å². The molecule has 0 atom stereocenters. The molecule has 0 spiro atoms. The van der Waals surface area contributed by atoms with Crippen LogP contribution in [0.2, 0.25) is 0 Å². The number of H-pyrrole nitrogens is 1. The van der Waals surface area contributed by atoms with Gasteiger partial charge in [-0.2, -0.15) is 0 Å². The lowest BCUT2D eigenvalue weighted by atomic mass is 10.1. The summed E-state index contributed by atoms with van der Waals surface area (Å²) in [4.78, 5) is 7.44. The largest absolute Gasteiger partial charge is 0.327 e. The van der Waals surface area contributed by atoms with Gasteiger partial charge in [-0.05, 0) is 18.9 Å². The number of nitrogens with zero attached hydrogens (tertiary/aromatic N) is 1. The molecule has 0 fully saturated rings. The smallest absolute Gasteiger partial charge is 0.215 e. The third-order valence-electron chi connectivity index (χ3n) is 2.66. The molecule has 0 bridgehead atoms. The molecular formula is C12H16N4. The summed E-state index contributed by atoms with van der Waals surface area (Å²) in [5.74, 6) is 5.90. The molecule has 0 amide bonds. The summed E-state index contributed by atoms with van der Waals surface area (Å²) < 4.78 is 0. The molecule has 0 saturated heterocycles. The quantitative estimate of drug-likeness (QED) is 0.544. The molecule has 0 radical (unpaired) electrons. The van der Waals surface area contributed by atoms with Crippen LogP contribution >= 0.6 is 0 Å². The summed E-state index contributed by atoms with van der Waals surface area (Å²) >= 11 is 0. The first kappa shape index (κ1) is 10.7. The van der Waals surface area contributed by atoms with Crippen LogP contribution in [0.5, 0.6) is 0 Å². The highest BCUT2D eigenvalue weighted by atomic mass is 15.3. The molecule has 1 heterocycles. The molecule has 0 aliphatic rings. The second-order valence-corrected chi connectivity index (χ2v) is 3.75. The van der Waals surface area contributed by atoms with Gasteiger partial charge >= 0.3 is 0 Å². The van der Waals surface area contributed by atoms with Gasteiger partial charge in [0, 0.05) is 11.3 Å². The Kier molecular flexibility index (Phi) is 2.92. The standard InChI is InChI=1S/C12H16N4/c1-3-9-4-6-10(7-5-9)11-8(2)14-12(15-11)16-13/h4-7H,3,13H2,1-2H3,(H2,14,15,16). The molecule has 2 aromatic rings. The summed E-state index contributed by atoms with van der Waals surface area (Å²) in [7, 11) is 0. The number of hydrogen-bond donors (Lipinski definition) is 3. The van der Waals surface area contributed by atoms with Crippen LogP contribution in [0.4, 0.5) is 5.95 Å². The number of aryl methyl sites for hydroxylation is 2. The number of nitrogens with one attached hydrogen (secondary N) is 2. The first-order chi connectivity index (χ1) is 7.74. The van der Waals surface area contributed by atoms with Crippen LogP contribution < -0.4 is 11.3 Å². The fourth-order valence-corrected chi connectivity index (χ4v) is 1.71. The number of rotatable bonds is 3. The van der Waals surface area contributed by atoms with Gasteiger partial charge < -0.3 is 4.98 Å². The van der Waals surface area contributed by atoms with Crippen molar-refractivity contribution in [3.63, 3.8) is 0 Å². The van der Waals surface area contributed by atoms with Crippen molar-refractivity contribution in [1.29, 1.82) is 0 Å². The van der Waals surface area contributed by atoms with Gasteiger partial charge in [-0.15, -0.1) is 0 Å². The average Bonchev–Trinajstić information content (AvgIpc) is 2.71. The highest BCUT2D eigenvalue weighted by molar-refractivity contribution is 5.64. The van der Waals surface area contributed by atoms with Crippen molar-refractivity contribution in [2.45, 2.75) is 20.3 Å². The van der Waals surface area contributed by atoms with Gasteiger partial charge in [0.1, 0.15) is 0 Å². The molecule has 16 heavy (non-hydrogen) atoms. The molecule has 0 aliphatic heterocycles. The van der Waals surface area contributed by atoms with Gasteiger partial charge in [0.05, 0.1) is 5.69 Å². The molecule has 84 valence electrons. The predicted octanol–water partition coefficient (Wildman–Crippen LogP) is 2.23. The van der Waals surface area contributed by atoms with E-state index < -0.39 is 0 Å². The molecule has 0 unspecified atom stereocenters. The Bertz CT molecular complexity index is 470. The molecule has 0 aliphatic carbocycles. The lowest BCUT2D eigenvalue weighted by Gasteiger charge is -2.00. The van der Waals surface area contributed by atoms with Crippen molar-refractivity contribution >= 4 is 5.95 Å². The van der Waals surface area contributed by atoms with Gasteiger partial charge in [-0.3, -0.25) is 5.43 Å². The minimum atomic E-state index is 0.590. The molecule has 1 aromatic carbocycles. The first-order valence-electron chi connectivity index (χ1n) is 5.37. The predicted molar refractivity (Wildman–Crippen MR) is 65.9 cm³/mol. The number of imidazole rings is 1. The zero-order valence-electron chi connectivity index (χ0n) is 9.54. The third kappa shape index (κ3) is 1.92. The Morgan fingerprint density at radius 3 is 2.50 bits per heavy atom. The molecule has 4 heteroatoms. The molecular weight excluding hydrogens is 200 g/mol. The fourth-order valence-electron chi connectivity index (χ4n) is 1.71. The summed E-state index contributed by atoms with van der Waals surface area (Å²) in [6, 6.07) is 8.42. The highest BCUT2D eigenvalue weighted by Gasteiger charge is 2.07. The van der Waals surface area contributed by atoms with Crippen LogP contribution in [0.3, 0.4) is 0 Å². The van der Waals surface area contributed by atoms with Gasteiger partial charge in [-0.25, -0.2) is 10.8 Å². The second-order valence-electron chi connectivity index (χ2n) is 3.75. The fraction of sp³-hybridized carbons (Fsp3) is 0.250. The van der Waals surface area contributed by atoms with E-state index in [-0.39, 0.29) is 0 Å². The third-order valence-corrected chi connectivity index (χ3v) is 2.66. The molecule has 4 N–H and O–H groups in total. The van der Waals surface area contributed by atoms with E-state index in [2.05, 4.69) is 46.6 Å². The number of nitrogens with two attached hydrogens (primary N) is 1. The SMILES string of the molecule is CCc1ccc(-c2nc(NN)[nH]c2C)cc1. The lowest BCUT2D eigenvalue weighted by molar-refractivity contribution is 1.14. The average molecular weight is 216 g/mol. The van der Waals surface area contributed by atoms with Gasteiger partial charge in [-0.1, -0.05) is 31.2 Å². The van der Waals surface area contributed by atoms with Gasteiger partial charge in [0.15, 0.2) is 0 Å². The summed E-state index contributed by atoms with van der Waals surface area (Å²) in [5.41, 5.74) is 6.90. The Morgan fingerprint density at radius 1 is 1.31 bits per heavy atom. The number of aromatic amines is 1. The van der Waals surface area contributed by atoms with Crippen LogP contribution in [0.15, 0.2) is 24.3 Å². The van der Waals surface area contributed by atoms with Crippen LogP contribution in [-0.2, 0) is 6.42 Å². The van der Waals surface area contributed by atoms with Crippen molar-refractivity contribution in [3.8, 4) is 11.3 Å². The number of anilines is 1. The van der Waals surface area contributed by atoms with Crippen molar-refractivity contribution in [3.05, 3.63) is 35.5 Å². The second kappa shape index (κ2) is 4.37. The zero-order chi connectivity index (χ0) is 11.5. The molecule has 4 nitrogen and oxygen atoms in total. The number of benzene rings is 1. The van der Waals surface area contributed by atoms with E-state index in [0.29, 0.717) is 5.95 Å². The maximum atomic E-state index is 5.31. The van der Waals surface area contributed by atoms with Crippen molar-refractivity contribution in [2.24, 2.45) is 5.84 Å². The maximum absolute atomic E-state index is 5.31. The molecule has 1 aromatic heterocycles. The lowest BCUT2D eigenvalue weighted by Crippen LogP contribution is -2.07. The first-order valence-corrected chi connectivity index (χ1v) is 5.37. The minimum Gasteiger partial charge on any atom is -0.327 e. The van der Waals surface area contributed by atoms with Crippen LogP contribution in [0, 0.1) is 6.92 Å². The normalized spacial score (nSPS) is 10.4. The Labute approximate surface area is 94.9 Å². The van der Waals surface area contributed by atoms with E-state index >= 15 is 0 Å². The van der Waals surface area contributed by atoms with E-state index in [1.54, 1.807) is 0 Å². The topological polar surface area (TPSA) is 66.7 Å². The monoisotopic (exact) mass is 216 g/mol.